The molecule has 0 aromatic heterocycles. The van der Waals surface area contributed by atoms with Gasteiger partial charge in [0.1, 0.15) is 11.2 Å². The van der Waals surface area contributed by atoms with Crippen LogP contribution < -0.4 is 0 Å². The molecule has 7 heteroatoms. The fourth-order valence-electron chi connectivity index (χ4n) is 2.09. The van der Waals surface area contributed by atoms with E-state index in [-0.39, 0.29) is 22.8 Å². The van der Waals surface area contributed by atoms with Gasteiger partial charge in [-0.3, -0.25) is 14.9 Å². The fraction of sp³-hybridized carbons (Fsp3) is 0.417. The molecule has 0 radical (unpaired) electrons. The number of aryl methyl sites for hydroxylation is 1. The van der Waals surface area contributed by atoms with Crippen LogP contribution in [0.1, 0.15) is 22.3 Å². The number of amides is 1. The average molecular weight is 287 g/mol. The standard InChI is InChI=1S/C12H12ClFN2O3/c1-7-4-8(5-10(11(7)13)16(18)19)12(17)15-3-2-9(14)6-15/h4-5,9H,2-3,6H2,1H3/t9-/m1/s1. The zero-order valence-electron chi connectivity index (χ0n) is 10.2. The van der Waals surface area contributed by atoms with E-state index in [4.69, 9.17) is 11.6 Å². The topological polar surface area (TPSA) is 63.5 Å². The summed E-state index contributed by atoms with van der Waals surface area (Å²) >= 11 is 5.82. The molecule has 1 aromatic carbocycles. The largest absolute Gasteiger partial charge is 0.336 e. The van der Waals surface area contributed by atoms with Crippen LogP contribution in [0, 0.1) is 17.0 Å². The normalized spacial score (nSPS) is 18.7. The maximum absolute atomic E-state index is 13.1. The second-order valence-electron chi connectivity index (χ2n) is 4.52. The van der Waals surface area contributed by atoms with E-state index in [9.17, 15) is 19.3 Å². The monoisotopic (exact) mass is 286 g/mol. The summed E-state index contributed by atoms with van der Waals surface area (Å²) in [5, 5.41) is 10.9. The molecule has 1 amide bonds. The SMILES string of the molecule is Cc1cc(C(=O)N2CC[C@@H](F)C2)cc([N+](=O)[O-])c1Cl. The number of likely N-dealkylation sites (tertiary alicyclic amines) is 1. The molecule has 0 aliphatic carbocycles. The number of hydrogen-bond donors (Lipinski definition) is 0. The van der Waals surface area contributed by atoms with E-state index in [1.54, 1.807) is 6.92 Å². The number of nitro benzene ring substituents is 1. The zero-order chi connectivity index (χ0) is 14.2. The Balaban J connectivity index is 2.35. The quantitative estimate of drug-likeness (QED) is 0.620. The van der Waals surface area contributed by atoms with Gasteiger partial charge in [0.05, 0.1) is 11.5 Å². The Labute approximate surface area is 114 Å². The summed E-state index contributed by atoms with van der Waals surface area (Å²) in [5.41, 5.74) is 0.318. The van der Waals surface area contributed by atoms with Crippen LogP contribution in [0.3, 0.4) is 0 Å². The average Bonchev–Trinajstić information content (AvgIpc) is 2.78. The van der Waals surface area contributed by atoms with E-state index in [1.165, 1.54) is 11.0 Å². The van der Waals surface area contributed by atoms with Crippen LogP contribution in [0.15, 0.2) is 12.1 Å². The molecule has 0 bridgehead atoms. The molecule has 1 saturated heterocycles. The molecule has 1 aliphatic heterocycles. The predicted molar refractivity (Wildman–Crippen MR) is 68.3 cm³/mol. The summed E-state index contributed by atoms with van der Waals surface area (Å²) in [6.07, 6.45) is -0.715. The molecule has 2 rings (SSSR count). The van der Waals surface area contributed by atoms with Gasteiger partial charge in [-0.2, -0.15) is 0 Å². The highest BCUT2D eigenvalue weighted by molar-refractivity contribution is 6.33. The van der Waals surface area contributed by atoms with Gasteiger partial charge in [-0.1, -0.05) is 11.6 Å². The van der Waals surface area contributed by atoms with Crippen LogP contribution in [0.5, 0.6) is 0 Å². The molecule has 1 atom stereocenters. The van der Waals surface area contributed by atoms with Gasteiger partial charge in [-0.25, -0.2) is 4.39 Å². The minimum Gasteiger partial charge on any atom is -0.336 e. The van der Waals surface area contributed by atoms with Crippen LogP contribution in [-0.4, -0.2) is 35.0 Å². The first kappa shape index (κ1) is 13.7. The second kappa shape index (κ2) is 5.13. The van der Waals surface area contributed by atoms with Crippen molar-refractivity contribution in [2.45, 2.75) is 19.5 Å². The molecule has 1 aliphatic rings. The number of halogens is 2. The smallest absolute Gasteiger partial charge is 0.288 e. The van der Waals surface area contributed by atoms with Crippen molar-refractivity contribution in [3.8, 4) is 0 Å². The van der Waals surface area contributed by atoms with E-state index in [2.05, 4.69) is 0 Å². The lowest BCUT2D eigenvalue weighted by Gasteiger charge is -2.15. The minimum atomic E-state index is -1.02. The molecular formula is C12H12ClFN2O3. The maximum atomic E-state index is 13.1. The van der Waals surface area contributed by atoms with E-state index >= 15 is 0 Å². The number of rotatable bonds is 2. The molecule has 1 fully saturated rings. The lowest BCUT2D eigenvalue weighted by molar-refractivity contribution is -0.384. The molecule has 5 nitrogen and oxygen atoms in total. The third-order valence-electron chi connectivity index (χ3n) is 3.10. The van der Waals surface area contributed by atoms with Crippen LogP contribution in [-0.2, 0) is 0 Å². The van der Waals surface area contributed by atoms with Gasteiger partial charge in [-0.05, 0) is 25.0 Å². The van der Waals surface area contributed by atoms with Crippen LogP contribution in [0.2, 0.25) is 5.02 Å². The molecule has 1 heterocycles. The summed E-state index contributed by atoms with van der Waals surface area (Å²) in [5.74, 6) is -0.400. The van der Waals surface area contributed by atoms with E-state index in [0.29, 0.717) is 18.5 Å². The molecule has 0 unspecified atom stereocenters. The van der Waals surface area contributed by atoms with Crippen molar-refractivity contribution < 1.29 is 14.1 Å². The van der Waals surface area contributed by atoms with Crippen LogP contribution in [0.25, 0.3) is 0 Å². The van der Waals surface area contributed by atoms with Gasteiger partial charge >= 0.3 is 0 Å². The molecule has 19 heavy (non-hydrogen) atoms. The summed E-state index contributed by atoms with van der Waals surface area (Å²) in [6, 6.07) is 2.63. The van der Waals surface area contributed by atoms with Gasteiger partial charge in [-0.15, -0.1) is 0 Å². The first-order valence-corrected chi connectivity index (χ1v) is 6.16. The molecular weight excluding hydrogens is 275 g/mol. The Kier molecular flexibility index (Phi) is 3.71. The molecule has 0 saturated carbocycles. The highest BCUT2D eigenvalue weighted by atomic mass is 35.5. The van der Waals surface area contributed by atoms with E-state index in [0.717, 1.165) is 6.07 Å². The molecule has 0 N–H and O–H groups in total. The lowest BCUT2D eigenvalue weighted by Crippen LogP contribution is -2.29. The summed E-state index contributed by atoms with van der Waals surface area (Å²) in [7, 11) is 0. The van der Waals surface area contributed by atoms with Gasteiger partial charge in [0.2, 0.25) is 0 Å². The Morgan fingerprint density at radius 3 is 2.79 bits per heavy atom. The lowest BCUT2D eigenvalue weighted by atomic mass is 10.1. The van der Waals surface area contributed by atoms with Gasteiger partial charge in [0, 0.05) is 18.2 Å². The number of hydrogen-bond acceptors (Lipinski definition) is 3. The van der Waals surface area contributed by atoms with Crippen molar-refractivity contribution in [1.82, 2.24) is 4.90 Å². The Morgan fingerprint density at radius 1 is 1.58 bits per heavy atom. The number of nitrogens with zero attached hydrogens (tertiary/aromatic N) is 2. The number of alkyl halides is 1. The van der Waals surface area contributed by atoms with Gasteiger partial charge in [0.25, 0.3) is 11.6 Å². The maximum Gasteiger partial charge on any atom is 0.288 e. The van der Waals surface area contributed by atoms with Crippen molar-refractivity contribution in [1.29, 1.82) is 0 Å². The van der Waals surface area contributed by atoms with Crippen molar-refractivity contribution in [3.63, 3.8) is 0 Å². The Hall–Kier alpha value is -1.69. The molecule has 1 aromatic rings. The highest BCUT2D eigenvalue weighted by Gasteiger charge is 2.28. The first-order valence-electron chi connectivity index (χ1n) is 5.78. The predicted octanol–water partition coefficient (Wildman–Crippen LogP) is 2.74. The van der Waals surface area contributed by atoms with Crippen molar-refractivity contribution in [2.75, 3.05) is 13.1 Å². The van der Waals surface area contributed by atoms with E-state index in [1.807, 2.05) is 0 Å². The van der Waals surface area contributed by atoms with Gasteiger partial charge in [0.15, 0.2) is 0 Å². The van der Waals surface area contributed by atoms with Crippen molar-refractivity contribution >= 4 is 23.2 Å². The van der Waals surface area contributed by atoms with Crippen LogP contribution >= 0.6 is 11.6 Å². The fourth-order valence-corrected chi connectivity index (χ4v) is 2.27. The third-order valence-corrected chi connectivity index (χ3v) is 3.59. The zero-order valence-corrected chi connectivity index (χ0v) is 11.0. The van der Waals surface area contributed by atoms with Crippen LogP contribution in [0.4, 0.5) is 10.1 Å². The van der Waals surface area contributed by atoms with Gasteiger partial charge < -0.3 is 4.90 Å². The van der Waals surface area contributed by atoms with E-state index < -0.39 is 17.0 Å². The minimum absolute atomic E-state index is 0.0198. The Bertz CT molecular complexity index is 550. The van der Waals surface area contributed by atoms with Crippen molar-refractivity contribution in [2.24, 2.45) is 0 Å². The third kappa shape index (κ3) is 2.68. The summed E-state index contributed by atoms with van der Waals surface area (Å²) in [6.45, 7) is 1.96. The molecule has 102 valence electrons. The Morgan fingerprint density at radius 2 is 2.26 bits per heavy atom. The number of nitro groups is 1. The summed E-state index contributed by atoms with van der Waals surface area (Å²) in [4.78, 5) is 23.7. The number of carbonyl (C=O) groups excluding carboxylic acids is 1. The second-order valence-corrected chi connectivity index (χ2v) is 4.90. The highest BCUT2D eigenvalue weighted by Crippen LogP contribution is 2.30. The summed E-state index contributed by atoms with van der Waals surface area (Å²) < 4.78 is 13.1. The number of carbonyl (C=O) groups is 1. The van der Waals surface area contributed by atoms with Crippen molar-refractivity contribution in [3.05, 3.63) is 38.4 Å². The first-order chi connectivity index (χ1) is 8.90. The molecule has 0 spiro atoms. The number of benzene rings is 1.